The molecule has 0 aliphatic heterocycles. The van der Waals surface area contributed by atoms with Gasteiger partial charge in [0, 0.05) is 5.92 Å². The Labute approximate surface area is 58.8 Å². The number of aromatic amines is 1. The number of nitrogens with zero attached hydrogens (tertiary/aromatic N) is 2. The number of nitrogens with one attached hydrogen (secondary N) is 1. The summed E-state index contributed by atoms with van der Waals surface area (Å²) in [6.07, 6.45) is 1.22. The number of H-pyrrole nitrogens is 1. The molecule has 4 nitrogen and oxygen atoms in total. The van der Waals surface area contributed by atoms with Crippen LogP contribution in [0.5, 0.6) is 0 Å². The van der Waals surface area contributed by atoms with Crippen LogP contribution < -0.4 is 5.73 Å². The summed E-state index contributed by atoms with van der Waals surface area (Å²) < 4.78 is 0. The molecule has 54 valence electrons. The normalized spacial score (nSPS) is 30.5. The Bertz CT molecular complexity index is 242. The molecule has 10 heavy (non-hydrogen) atoms. The fourth-order valence-corrected chi connectivity index (χ4v) is 1.16. The maximum Gasteiger partial charge on any atom is 0.239 e. The Hall–Kier alpha value is -1.06. The van der Waals surface area contributed by atoms with E-state index in [0.717, 1.165) is 11.7 Å². The van der Waals surface area contributed by atoms with Gasteiger partial charge in [-0.05, 0) is 12.3 Å². The average Bonchev–Trinajstić information content (AvgIpc) is 2.42. The highest BCUT2D eigenvalue weighted by Gasteiger charge is 2.36. The van der Waals surface area contributed by atoms with E-state index in [9.17, 15) is 0 Å². The smallest absolute Gasteiger partial charge is 0.239 e. The fourth-order valence-electron chi connectivity index (χ4n) is 1.16. The van der Waals surface area contributed by atoms with Gasteiger partial charge >= 0.3 is 0 Å². The van der Waals surface area contributed by atoms with Crippen molar-refractivity contribution in [1.82, 2.24) is 15.2 Å². The quantitative estimate of drug-likeness (QED) is 0.594. The van der Waals surface area contributed by atoms with Crippen molar-refractivity contribution in [2.75, 3.05) is 5.73 Å². The summed E-state index contributed by atoms with van der Waals surface area (Å²) in [5.74, 6) is 2.65. The van der Waals surface area contributed by atoms with Crippen LogP contribution in [-0.4, -0.2) is 15.2 Å². The van der Waals surface area contributed by atoms with E-state index in [0.29, 0.717) is 11.9 Å². The summed E-state index contributed by atoms with van der Waals surface area (Å²) in [6, 6.07) is 0. The molecule has 1 aromatic heterocycles. The van der Waals surface area contributed by atoms with Crippen LogP contribution in [0.2, 0.25) is 0 Å². The molecule has 1 heterocycles. The fraction of sp³-hybridized carbons (Fsp3) is 0.667. The zero-order valence-electron chi connectivity index (χ0n) is 5.83. The van der Waals surface area contributed by atoms with Gasteiger partial charge in [0.25, 0.3) is 0 Å². The summed E-state index contributed by atoms with van der Waals surface area (Å²) in [4.78, 5) is 4.03. The minimum atomic E-state index is 0.356. The van der Waals surface area contributed by atoms with Crippen molar-refractivity contribution in [3.05, 3.63) is 5.82 Å². The minimum Gasteiger partial charge on any atom is -0.367 e. The lowest BCUT2D eigenvalue weighted by molar-refractivity contribution is 0.848. The van der Waals surface area contributed by atoms with Crippen molar-refractivity contribution in [3.8, 4) is 0 Å². The van der Waals surface area contributed by atoms with Gasteiger partial charge in [0.05, 0.1) is 0 Å². The first kappa shape index (κ1) is 5.70. The predicted molar refractivity (Wildman–Crippen MR) is 37.3 cm³/mol. The van der Waals surface area contributed by atoms with E-state index in [1.54, 1.807) is 0 Å². The molecule has 1 saturated carbocycles. The third-order valence-corrected chi connectivity index (χ3v) is 1.98. The molecule has 4 heteroatoms. The minimum absolute atomic E-state index is 0.356. The predicted octanol–water partition coefficient (Wildman–Crippen LogP) is 0.510. The highest BCUT2D eigenvalue weighted by Crippen LogP contribution is 2.45. The van der Waals surface area contributed by atoms with Crippen molar-refractivity contribution in [3.63, 3.8) is 0 Å². The molecular weight excluding hydrogens is 128 g/mol. The topological polar surface area (TPSA) is 67.6 Å². The summed E-state index contributed by atoms with van der Waals surface area (Å²) in [6.45, 7) is 2.20. The molecule has 2 rings (SSSR count). The van der Waals surface area contributed by atoms with Crippen LogP contribution in [0.4, 0.5) is 5.95 Å². The Morgan fingerprint density at radius 1 is 1.70 bits per heavy atom. The molecular formula is C6H10N4. The van der Waals surface area contributed by atoms with E-state index in [1.165, 1.54) is 6.42 Å². The van der Waals surface area contributed by atoms with Gasteiger partial charge in [0.2, 0.25) is 5.95 Å². The van der Waals surface area contributed by atoms with E-state index in [-0.39, 0.29) is 0 Å². The molecule has 1 aliphatic carbocycles. The second kappa shape index (κ2) is 1.71. The lowest BCUT2D eigenvalue weighted by Gasteiger charge is -1.84. The number of nitrogen functional groups attached to an aromatic ring is 1. The Balaban J connectivity index is 2.20. The number of anilines is 1. The standard InChI is InChI=1S/C6H10N4/c1-3-2-4(3)5-8-6(7)10-9-5/h3-4H,2H2,1H3,(H3,7,8,9,10)/t3-,4+/m0/s1. The number of rotatable bonds is 1. The molecule has 0 amide bonds. The van der Waals surface area contributed by atoms with Crippen molar-refractivity contribution >= 4 is 5.95 Å². The van der Waals surface area contributed by atoms with Crippen LogP contribution in [0.25, 0.3) is 0 Å². The third-order valence-electron chi connectivity index (χ3n) is 1.98. The molecule has 0 aromatic carbocycles. The molecule has 0 unspecified atom stereocenters. The van der Waals surface area contributed by atoms with E-state index >= 15 is 0 Å². The van der Waals surface area contributed by atoms with Gasteiger partial charge in [-0.3, -0.25) is 5.10 Å². The van der Waals surface area contributed by atoms with E-state index in [4.69, 9.17) is 5.73 Å². The summed E-state index contributed by atoms with van der Waals surface area (Å²) >= 11 is 0. The molecule has 1 aliphatic rings. The van der Waals surface area contributed by atoms with Crippen LogP contribution in [0.3, 0.4) is 0 Å². The van der Waals surface area contributed by atoms with Gasteiger partial charge in [-0.2, -0.15) is 4.98 Å². The number of hydrogen-bond donors (Lipinski definition) is 2. The van der Waals surface area contributed by atoms with E-state index < -0.39 is 0 Å². The summed E-state index contributed by atoms with van der Waals surface area (Å²) in [5, 5.41) is 6.57. The number of aromatic nitrogens is 3. The summed E-state index contributed by atoms with van der Waals surface area (Å²) in [7, 11) is 0. The molecule has 0 spiro atoms. The molecule has 1 fully saturated rings. The highest BCUT2D eigenvalue weighted by atomic mass is 15.3. The van der Waals surface area contributed by atoms with Crippen LogP contribution in [-0.2, 0) is 0 Å². The van der Waals surface area contributed by atoms with Gasteiger partial charge in [0.1, 0.15) is 5.82 Å². The highest BCUT2D eigenvalue weighted by molar-refractivity contribution is 5.18. The SMILES string of the molecule is C[C@H]1C[C@H]1c1nc(N)n[nH]1. The van der Waals surface area contributed by atoms with Crippen LogP contribution in [0.15, 0.2) is 0 Å². The zero-order chi connectivity index (χ0) is 7.14. The second-order valence-electron chi connectivity index (χ2n) is 2.90. The zero-order valence-corrected chi connectivity index (χ0v) is 5.83. The van der Waals surface area contributed by atoms with Crippen molar-refractivity contribution in [2.45, 2.75) is 19.3 Å². The Kier molecular flexibility index (Phi) is 0.977. The molecule has 0 radical (unpaired) electrons. The average molecular weight is 138 g/mol. The van der Waals surface area contributed by atoms with Crippen molar-refractivity contribution in [2.24, 2.45) is 5.92 Å². The lowest BCUT2D eigenvalue weighted by Crippen LogP contribution is -1.86. The van der Waals surface area contributed by atoms with Gasteiger partial charge in [-0.1, -0.05) is 6.92 Å². The van der Waals surface area contributed by atoms with Gasteiger partial charge < -0.3 is 5.73 Å². The van der Waals surface area contributed by atoms with E-state index in [1.807, 2.05) is 0 Å². The monoisotopic (exact) mass is 138 g/mol. The van der Waals surface area contributed by atoms with Crippen molar-refractivity contribution < 1.29 is 0 Å². The van der Waals surface area contributed by atoms with E-state index in [2.05, 4.69) is 22.1 Å². The molecule has 0 bridgehead atoms. The van der Waals surface area contributed by atoms with Crippen LogP contribution in [0, 0.1) is 5.92 Å². The first-order chi connectivity index (χ1) is 4.77. The van der Waals surface area contributed by atoms with Gasteiger partial charge in [-0.25, -0.2) is 0 Å². The summed E-state index contributed by atoms with van der Waals surface area (Å²) in [5.41, 5.74) is 5.34. The first-order valence-corrected chi connectivity index (χ1v) is 3.45. The molecule has 2 atom stereocenters. The maximum absolute atomic E-state index is 5.34. The molecule has 0 saturated heterocycles. The Morgan fingerprint density at radius 3 is 2.80 bits per heavy atom. The van der Waals surface area contributed by atoms with Gasteiger partial charge in [0.15, 0.2) is 0 Å². The third kappa shape index (κ3) is 0.761. The second-order valence-corrected chi connectivity index (χ2v) is 2.90. The van der Waals surface area contributed by atoms with Crippen LogP contribution >= 0.6 is 0 Å². The molecule has 3 N–H and O–H groups in total. The number of hydrogen-bond acceptors (Lipinski definition) is 3. The van der Waals surface area contributed by atoms with Gasteiger partial charge in [-0.15, -0.1) is 5.10 Å². The number of nitrogens with two attached hydrogens (primary N) is 1. The van der Waals surface area contributed by atoms with Crippen LogP contribution in [0.1, 0.15) is 25.1 Å². The maximum atomic E-state index is 5.34. The van der Waals surface area contributed by atoms with Crippen molar-refractivity contribution in [1.29, 1.82) is 0 Å². The lowest BCUT2D eigenvalue weighted by atomic mass is 10.3. The largest absolute Gasteiger partial charge is 0.367 e. The Morgan fingerprint density at radius 2 is 2.40 bits per heavy atom. The first-order valence-electron chi connectivity index (χ1n) is 3.45. The molecule has 1 aromatic rings.